The molecule has 0 saturated heterocycles. The zero-order chi connectivity index (χ0) is 21.2. The molecule has 0 aliphatic heterocycles. The molecule has 0 amide bonds. The highest BCUT2D eigenvalue weighted by atomic mass is 16.5. The number of ether oxygens (including phenoxy) is 2. The molecule has 0 aliphatic rings. The molecule has 0 bridgehead atoms. The molecule has 3 aromatic carbocycles. The van der Waals surface area contributed by atoms with Crippen LogP contribution < -0.4 is 4.74 Å². The summed E-state index contributed by atoms with van der Waals surface area (Å²) in [6.45, 7) is 5.11. The van der Waals surface area contributed by atoms with Crippen molar-refractivity contribution in [2.45, 2.75) is 52.1 Å². The van der Waals surface area contributed by atoms with Crippen molar-refractivity contribution in [1.82, 2.24) is 0 Å². The van der Waals surface area contributed by atoms with E-state index < -0.39 is 0 Å². The van der Waals surface area contributed by atoms with E-state index in [2.05, 4.69) is 86.6 Å². The van der Waals surface area contributed by atoms with Crippen molar-refractivity contribution in [3.63, 3.8) is 0 Å². The van der Waals surface area contributed by atoms with Gasteiger partial charge in [0.2, 0.25) is 0 Å². The van der Waals surface area contributed by atoms with Gasteiger partial charge in [0.25, 0.3) is 0 Å². The zero-order valence-electron chi connectivity index (χ0n) is 18.6. The fraction of sp³-hybridized carbons (Fsp3) is 0.357. The number of hydrogen-bond donors (Lipinski definition) is 0. The van der Waals surface area contributed by atoms with Crippen molar-refractivity contribution in [3.05, 3.63) is 78.4 Å². The Labute approximate surface area is 181 Å². The first-order chi connectivity index (χ1) is 14.7. The maximum Gasteiger partial charge on any atom is 0.119 e. The SMILES string of the molecule is CCCCCCCOc1ccc(-c2ccccc2-c2ccc(C(C)OC)cc2)cc1. The molecule has 1 unspecified atom stereocenters. The highest BCUT2D eigenvalue weighted by Crippen LogP contribution is 2.33. The molecule has 0 saturated carbocycles. The molecular formula is C28H34O2. The van der Waals surface area contributed by atoms with Crippen LogP contribution in [-0.4, -0.2) is 13.7 Å². The van der Waals surface area contributed by atoms with Crippen LogP contribution in [0.15, 0.2) is 72.8 Å². The maximum absolute atomic E-state index is 5.93. The van der Waals surface area contributed by atoms with Gasteiger partial charge in [0, 0.05) is 7.11 Å². The van der Waals surface area contributed by atoms with Crippen molar-refractivity contribution >= 4 is 0 Å². The molecular weight excluding hydrogens is 368 g/mol. The number of unbranched alkanes of at least 4 members (excludes halogenated alkanes) is 4. The Hall–Kier alpha value is -2.58. The van der Waals surface area contributed by atoms with Gasteiger partial charge in [0.15, 0.2) is 0 Å². The van der Waals surface area contributed by atoms with Crippen LogP contribution in [0.1, 0.15) is 57.6 Å². The predicted molar refractivity (Wildman–Crippen MR) is 127 cm³/mol. The molecule has 2 heteroatoms. The molecule has 30 heavy (non-hydrogen) atoms. The Bertz CT molecular complexity index is 881. The highest BCUT2D eigenvalue weighted by molar-refractivity contribution is 5.83. The fourth-order valence-corrected chi connectivity index (χ4v) is 3.68. The Kier molecular flexibility index (Phi) is 8.53. The zero-order valence-corrected chi connectivity index (χ0v) is 18.6. The minimum Gasteiger partial charge on any atom is -0.494 e. The first-order valence-corrected chi connectivity index (χ1v) is 11.2. The van der Waals surface area contributed by atoms with E-state index in [0.29, 0.717) is 0 Å². The standard InChI is InChI=1S/C28H34O2/c1-4-5-6-7-10-21-30-26-19-17-25(18-20-26)28-12-9-8-11-27(28)24-15-13-23(14-16-24)22(2)29-3/h8-9,11-20,22H,4-7,10,21H2,1-3H3. The third kappa shape index (κ3) is 5.96. The van der Waals surface area contributed by atoms with Crippen LogP contribution in [0.5, 0.6) is 5.75 Å². The third-order valence-corrected chi connectivity index (χ3v) is 5.65. The average Bonchev–Trinajstić information content (AvgIpc) is 2.81. The van der Waals surface area contributed by atoms with Gasteiger partial charge in [-0.15, -0.1) is 0 Å². The maximum atomic E-state index is 5.93. The summed E-state index contributed by atoms with van der Waals surface area (Å²) in [5.41, 5.74) is 6.07. The summed E-state index contributed by atoms with van der Waals surface area (Å²) in [5, 5.41) is 0. The largest absolute Gasteiger partial charge is 0.494 e. The van der Waals surface area contributed by atoms with Gasteiger partial charge in [0.05, 0.1) is 12.7 Å². The van der Waals surface area contributed by atoms with E-state index in [0.717, 1.165) is 18.8 Å². The van der Waals surface area contributed by atoms with Crippen LogP contribution in [0.2, 0.25) is 0 Å². The second-order valence-corrected chi connectivity index (χ2v) is 7.83. The van der Waals surface area contributed by atoms with Gasteiger partial charge in [-0.2, -0.15) is 0 Å². The van der Waals surface area contributed by atoms with E-state index in [4.69, 9.17) is 9.47 Å². The number of methoxy groups -OCH3 is 1. The smallest absolute Gasteiger partial charge is 0.119 e. The molecule has 3 rings (SSSR count). The van der Waals surface area contributed by atoms with Gasteiger partial charge in [-0.05, 0) is 53.3 Å². The van der Waals surface area contributed by atoms with Crippen LogP contribution in [0.25, 0.3) is 22.3 Å². The Balaban J connectivity index is 1.69. The quantitative estimate of drug-likeness (QED) is 0.302. The fourth-order valence-electron chi connectivity index (χ4n) is 3.68. The Morgan fingerprint density at radius 3 is 1.83 bits per heavy atom. The van der Waals surface area contributed by atoms with Crippen LogP contribution in [0, 0.1) is 0 Å². The van der Waals surface area contributed by atoms with Crippen molar-refractivity contribution < 1.29 is 9.47 Å². The molecule has 0 heterocycles. The van der Waals surface area contributed by atoms with E-state index >= 15 is 0 Å². The lowest BCUT2D eigenvalue weighted by Crippen LogP contribution is -1.97. The molecule has 2 nitrogen and oxygen atoms in total. The summed E-state index contributed by atoms with van der Waals surface area (Å²) in [4.78, 5) is 0. The van der Waals surface area contributed by atoms with Gasteiger partial charge in [-0.1, -0.05) is 93.3 Å². The minimum absolute atomic E-state index is 0.105. The average molecular weight is 403 g/mol. The van der Waals surface area contributed by atoms with E-state index in [1.54, 1.807) is 7.11 Å². The van der Waals surface area contributed by atoms with Crippen LogP contribution in [0.4, 0.5) is 0 Å². The van der Waals surface area contributed by atoms with Crippen molar-refractivity contribution in [2.75, 3.05) is 13.7 Å². The minimum atomic E-state index is 0.105. The van der Waals surface area contributed by atoms with Gasteiger partial charge < -0.3 is 9.47 Å². The van der Waals surface area contributed by atoms with E-state index in [9.17, 15) is 0 Å². The predicted octanol–water partition coefficient (Wildman–Crippen LogP) is 8.08. The molecule has 3 aromatic rings. The first-order valence-electron chi connectivity index (χ1n) is 11.2. The lowest BCUT2D eigenvalue weighted by Gasteiger charge is -2.13. The van der Waals surface area contributed by atoms with Crippen molar-refractivity contribution in [3.8, 4) is 28.0 Å². The Morgan fingerprint density at radius 1 is 0.700 bits per heavy atom. The highest BCUT2D eigenvalue weighted by Gasteiger charge is 2.09. The molecule has 0 aromatic heterocycles. The molecule has 1 atom stereocenters. The van der Waals surface area contributed by atoms with Crippen molar-refractivity contribution in [1.29, 1.82) is 0 Å². The first kappa shape index (κ1) is 22.1. The molecule has 0 radical (unpaired) electrons. The third-order valence-electron chi connectivity index (χ3n) is 5.65. The monoisotopic (exact) mass is 402 g/mol. The van der Waals surface area contributed by atoms with Crippen LogP contribution in [0.3, 0.4) is 0 Å². The van der Waals surface area contributed by atoms with Gasteiger partial charge in [-0.3, -0.25) is 0 Å². The van der Waals surface area contributed by atoms with E-state index in [1.807, 2.05) is 0 Å². The second kappa shape index (κ2) is 11.6. The molecule has 0 fully saturated rings. The van der Waals surface area contributed by atoms with Gasteiger partial charge in [-0.25, -0.2) is 0 Å². The summed E-state index contributed by atoms with van der Waals surface area (Å²) < 4.78 is 11.4. The van der Waals surface area contributed by atoms with Crippen molar-refractivity contribution in [2.24, 2.45) is 0 Å². The summed E-state index contributed by atoms with van der Waals surface area (Å²) in [6.07, 6.45) is 6.39. The normalized spacial score (nSPS) is 12.0. The number of benzene rings is 3. The molecule has 158 valence electrons. The van der Waals surface area contributed by atoms with E-state index in [1.165, 1.54) is 53.5 Å². The molecule has 0 aliphatic carbocycles. The summed E-state index contributed by atoms with van der Waals surface area (Å²) in [7, 11) is 1.74. The second-order valence-electron chi connectivity index (χ2n) is 7.83. The lowest BCUT2D eigenvalue weighted by molar-refractivity contribution is 0.119. The topological polar surface area (TPSA) is 18.5 Å². The lowest BCUT2D eigenvalue weighted by atomic mass is 9.94. The van der Waals surface area contributed by atoms with Crippen LogP contribution >= 0.6 is 0 Å². The summed E-state index contributed by atoms with van der Waals surface area (Å²) in [5.74, 6) is 0.949. The van der Waals surface area contributed by atoms with E-state index in [-0.39, 0.29) is 6.10 Å². The Morgan fingerprint density at radius 2 is 1.27 bits per heavy atom. The summed E-state index contributed by atoms with van der Waals surface area (Å²) >= 11 is 0. The molecule has 0 N–H and O–H groups in total. The number of hydrogen-bond acceptors (Lipinski definition) is 2. The molecule has 0 spiro atoms. The van der Waals surface area contributed by atoms with Gasteiger partial charge in [0.1, 0.15) is 5.75 Å². The van der Waals surface area contributed by atoms with Crippen LogP contribution in [-0.2, 0) is 4.74 Å². The summed E-state index contributed by atoms with van der Waals surface area (Å²) in [6, 6.07) is 25.7. The number of rotatable bonds is 11. The van der Waals surface area contributed by atoms with Gasteiger partial charge >= 0.3 is 0 Å².